The van der Waals surface area contributed by atoms with Crippen molar-refractivity contribution in [3.05, 3.63) is 71.8 Å². The van der Waals surface area contributed by atoms with Gasteiger partial charge >= 0.3 is 6.09 Å². The van der Waals surface area contributed by atoms with Gasteiger partial charge in [-0.1, -0.05) is 49.4 Å². The van der Waals surface area contributed by atoms with Gasteiger partial charge in [-0.3, -0.25) is 14.5 Å². The number of benzene rings is 2. The molecular weight excluding hydrogens is 486 g/mol. The molecule has 2 aromatic carbocycles. The number of cyclic esters (lactones) is 1. The molecule has 0 spiro atoms. The molecule has 38 heavy (non-hydrogen) atoms. The minimum atomic E-state index is -1.77. The summed E-state index contributed by atoms with van der Waals surface area (Å²) < 4.78 is 5.00. The van der Waals surface area contributed by atoms with Gasteiger partial charge in [0.25, 0.3) is 5.91 Å². The molecule has 2 fully saturated rings. The highest BCUT2D eigenvalue weighted by atomic mass is 16.6. The van der Waals surface area contributed by atoms with Crippen LogP contribution in [0.15, 0.2) is 60.7 Å². The van der Waals surface area contributed by atoms with Gasteiger partial charge in [-0.05, 0) is 36.6 Å². The molecule has 0 unspecified atom stereocenters. The van der Waals surface area contributed by atoms with Crippen LogP contribution in [0.4, 0.5) is 16.2 Å². The van der Waals surface area contributed by atoms with Crippen LogP contribution < -0.4 is 9.80 Å². The van der Waals surface area contributed by atoms with E-state index in [2.05, 4.69) is 0 Å². The second-order valence-electron chi connectivity index (χ2n) is 10.1. The van der Waals surface area contributed by atoms with E-state index in [1.807, 2.05) is 36.4 Å². The molecule has 5 rings (SSSR count). The van der Waals surface area contributed by atoms with E-state index in [9.17, 15) is 24.6 Å². The summed E-state index contributed by atoms with van der Waals surface area (Å²) in [5, 5.41) is 21.3. The zero-order valence-corrected chi connectivity index (χ0v) is 21.5. The topological polar surface area (TPSA) is 111 Å². The van der Waals surface area contributed by atoms with Gasteiger partial charge in [-0.2, -0.15) is 0 Å². The van der Waals surface area contributed by atoms with Crippen molar-refractivity contribution in [2.75, 3.05) is 36.1 Å². The number of aliphatic hydroxyl groups is 2. The summed E-state index contributed by atoms with van der Waals surface area (Å²) in [5.74, 6) is -1.07. The minimum absolute atomic E-state index is 0.0414. The second kappa shape index (κ2) is 10.6. The van der Waals surface area contributed by atoms with Crippen molar-refractivity contribution in [2.24, 2.45) is 5.92 Å². The maximum absolute atomic E-state index is 13.7. The largest absolute Gasteiger partial charge is 0.447 e. The molecule has 0 saturated carbocycles. The average Bonchev–Trinajstić information content (AvgIpc) is 3.64. The number of nitrogens with zero attached hydrogens (tertiary/aromatic N) is 3. The van der Waals surface area contributed by atoms with E-state index < -0.39 is 17.4 Å². The van der Waals surface area contributed by atoms with Crippen LogP contribution in [0.1, 0.15) is 37.3 Å². The molecule has 0 aliphatic carbocycles. The van der Waals surface area contributed by atoms with Gasteiger partial charge in [0.2, 0.25) is 5.91 Å². The highest BCUT2D eigenvalue weighted by Gasteiger charge is 2.52. The minimum Gasteiger partial charge on any atom is -0.447 e. The summed E-state index contributed by atoms with van der Waals surface area (Å²) in [4.78, 5) is 43.0. The highest BCUT2D eigenvalue weighted by molar-refractivity contribution is 6.07. The molecule has 200 valence electrons. The first-order valence-corrected chi connectivity index (χ1v) is 13.1. The molecular formula is C29H33N3O6. The van der Waals surface area contributed by atoms with E-state index in [4.69, 9.17) is 4.74 Å². The van der Waals surface area contributed by atoms with Gasteiger partial charge in [-0.15, -0.1) is 0 Å². The number of aliphatic hydroxyl groups excluding tert-OH is 1. The SMILES string of the molecule is C[C@H](/C=C/CC(=O)N1CCC[C@H]1CO)[C@@]1(O)C(=O)N(Cc2ccc(N3CCOC3=O)cc2)c2ccccc21. The molecule has 2 N–H and O–H groups in total. The number of carbonyl (C=O) groups excluding carboxylic acids is 3. The first kappa shape index (κ1) is 25.9. The Bertz CT molecular complexity index is 1250. The Kier molecular flexibility index (Phi) is 7.23. The summed E-state index contributed by atoms with van der Waals surface area (Å²) in [7, 11) is 0. The van der Waals surface area contributed by atoms with E-state index in [-0.39, 0.29) is 37.6 Å². The first-order valence-electron chi connectivity index (χ1n) is 13.1. The predicted octanol–water partition coefficient (Wildman–Crippen LogP) is 2.94. The number of rotatable bonds is 8. The van der Waals surface area contributed by atoms with E-state index in [1.54, 1.807) is 45.9 Å². The average molecular weight is 520 g/mol. The number of anilines is 2. The van der Waals surface area contributed by atoms with Crippen molar-refractivity contribution in [3.63, 3.8) is 0 Å². The van der Waals surface area contributed by atoms with Crippen LogP contribution in [0.2, 0.25) is 0 Å². The van der Waals surface area contributed by atoms with Crippen molar-refractivity contribution in [3.8, 4) is 0 Å². The lowest BCUT2D eigenvalue weighted by atomic mass is 9.83. The summed E-state index contributed by atoms with van der Waals surface area (Å²) in [6, 6.07) is 14.5. The van der Waals surface area contributed by atoms with Crippen LogP contribution in [0.5, 0.6) is 0 Å². The molecule has 3 aliphatic rings. The lowest BCUT2D eigenvalue weighted by Gasteiger charge is -2.28. The Morgan fingerprint density at radius 3 is 2.63 bits per heavy atom. The van der Waals surface area contributed by atoms with Gasteiger partial charge in [0.1, 0.15) is 6.61 Å². The van der Waals surface area contributed by atoms with Crippen LogP contribution in [0.25, 0.3) is 0 Å². The number of ether oxygens (including phenoxy) is 1. The molecule has 9 nitrogen and oxygen atoms in total. The third-order valence-electron chi connectivity index (χ3n) is 7.81. The molecule has 3 atom stereocenters. The third-order valence-corrected chi connectivity index (χ3v) is 7.81. The maximum atomic E-state index is 13.7. The molecule has 3 amide bonds. The molecule has 0 bridgehead atoms. The van der Waals surface area contributed by atoms with Crippen molar-refractivity contribution in [1.29, 1.82) is 0 Å². The first-order chi connectivity index (χ1) is 18.3. The van der Waals surface area contributed by atoms with Crippen LogP contribution in [-0.4, -0.2) is 65.4 Å². The van der Waals surface area contributed by atoms with E-state index in [0.717, 1.165) is 24.1 Å². The Balaban J connectivity index is 1.31. The van der Waals surface area contributed by atoms with Gasteiger partial charge in [0, 0.05) is 30.1 Å². The monoisotopic (exact) mass is 519 g/mol. The fourth-order valence-electron chi connectivity index (χ4n) is 5.63. The van der Waals surface area contributed by atoms with E-state index in [1.165, 1.54) is 0 Å². The van der Waals surface area contributed by atoms with E-state index >= 15 is 0 Å². The fraction of sp³-hybridized carbons (Fsp3) is 0.414. The Labute approximate surface area is 221 Å². The number of carbonyl (C=O) groups is 3. The van der Waals surface area contributed by atoms with E-state index in [0.29, 0.717) is 30.9 Å². The standard InChI is InChI=1S/C29H33N3O6/c1-20(6-4-10-26(34)30-15-5-7-23(30)19-33)29(37)24-8-2-3-9-25(24)32(27(29)35)18-21-11-13-22(14-12-21)31-16-17-38-28(31)36/h2-4,6,8-9,11-14,20,23,33,37H,5,7,10,15-19H2,1H3/b6-4+/t20-,23+,29+/m1/s1. The molecule has 2 aromatic rings. The number of hydrogen-bond acceptors (Lipinski definition) is 6. The van der Waals surface area contributed by atoms with Crippen molar-refractivity contribution in [2.45, 2.75) is 44.4 Å². The molecule has 3 aliphatic heterocycles. The molecule has 3 heterocycles. The summed E-state index contributed by atoms with van der Waals surface area (Å²) in [5.41, 5.74) is 0.993. The van der Waals surface area contributed by atoms with Crippen LogP contribution in [0, 0.1) is 5.92 Å². The van der Waals surface area contributed by atoms with Crippen LogP contribution in [0.3, 0.4) is 0 Å². The van der Waals surface area contributed by atoms with Gasteiger partial charge in [0.15, 0.2) is 5.60 Å². The lowest BCUT2D eigenvalue weighted by Crippen LogP contribution is -2.44. The van der Waals surface area contributed by atoms with Gasteiger partial charge in [-0.25, -0.2) is 4.79 Å². The quantitative estimate of drug-likeness (QED) is 0.519. The molecule has 0 aromatic heterocycles. The number of hydrogen-bond donors (Lipinski definition) is 2. The van der Waals surface area contributed by atoms with Crippen LogP contribution in [-0.2, 0) is 26.5 Å². The molecule has 9 heteroatoms. The van der Waals surface area contributed by atoms with Gasteiger partial charge in [0.05, 0.1) is 31.4 Å². The molecule has 0 radical (unpaired) electrons. The predicted molar refractivity (Wildman–Crippen MR) is 141 cm³/mol. The fourth-order valence-corrected chi connectivity index (χ4v) is 5.63. The normalized spacial score (nSPS) is 23.9. The van der Waals surface area contributed by atoms with Gasteiger partial charge < -0.3 is 24.7 Å². The zero-order chi connectivity index (χ0) is 26.9. The summed E-state index contributed by atoms with van der Waals surface area (Å²) >= 11 is 0. The second-order valence-corrected chi connectivity index (χ2v) is 10.1. The summed E-state index contributed by atoms with van der Waals surface area (Å²) in [6.45, 7) is 3.49. The smallest absolute Gasteiger partial charge is 0.414 e. The summed E-state index contributed by atoms with van der Waals surface area (Å²) in [6.07, 6.45) is 4.89. The number of amides is 3. The van der Waals surface area contributed by atoms with Crippen molar-refractivity contribution in [1.82, 2.24) is 4.90 Å². The number of para-hydroxylation sites is 1. The molecule has 2 saturated heterocycles. The Hall–Kier alpha value is -3.69. The highest BCUT2D eigenvalue weighted by Crippen LogP contribution is 2.45. The maximum Gasteiger partial charge on any atom is 0.414 e. The van der Waals surface area contributed by atoms with Crippen molar-refractivity contribution < 1.29 is 29.3 Å². The lowest BCUT2D eigenvalue weighted by molar-refractivity contribution is -0.139. The van der Waals surface area contributed by atoms with Crippen molar-refractivity contribution >= 4 is 29.3 Å². The Morgan fingerprint density at radius 2 is 1.92 bits per heavy atom. The third kappa shape index (κ3) is 4.56. The van der Waals surface area contributed by atoms with Crippen LogP contribution >= 0.6 is 0 Å². The number of likely N-dealkylation sites (tertiary alicyclic amines) is 1. The Morgan fingerprint density at radius 1 is 1.16 bits per heavy atom. The zero-order valence-electron chi connectivity index (χ0n) is 21.5. The number of fused-ring (bicyclic) bond motifs is 1.